The van der Waals surface area contributed by atoms with Crippen LogP contribution in [0.5, 0.6) is 0 Å². The van der Waals surface area contributed by atoms with Crippen LogP contribution in [0.25, 0.3) is 0 Å². The molecule has 19 heavy (non-hydrogen) atoms. The van der Waals surface area contributed by atoms with Gasteiger partial charge in [0, 0.05) is 12.2 Å². The molecule has 0 unspecified atom stereocenters. The second-order valence-electron chi connectivity index (χ2n) is 4.51. The van der Waals surface area contributed by atoms with Gasteiger partial charge < -0.3 is 10.6 Å². The van der Waals surface area contributed by atoms with Gasteiger partial charge in [0.15, 0.2) is 0 Å². The number of carbonyl (C=O) groups is 2. The largest absolute Gasteiger partial charge is 0.374 e. The van der Waals surface area contributed by atoms with E-state index in [2.05, 4.69) is 16.0 Å². The monoisotopic (exact) mass is 263 g/mol. The third-order valence-corrected chi connectivity index (χ3v) is 2.86. The summed E-state index contributed by atoms with van der Waals surface area (Å²) >= 11 is 0. The lowest BCUT2D eigenvalue weighted by molar-refractivity contribution is -0.120. The standard InChI is InChI=1S/C14H21N3O2/c1-5-15-14(19)17-13(18)11(4)16-12-7-6-9(2)10(3)8-12/h6-8,11,16H,5H2,1-4H3,(H2,15,17,18,19)/t11-/m1/s1. The van der Waals surface area contributed by atoms with Crippen molar-refractivity contribution < 1.29 is 9.59 Å². The van der Waals surface area contributed by atoms with Gasteiger partial charge in [0.2, 0.25) is 5.91 Å². The number of hydrogen-bond donors (Lipinski definition) is 3. The number of carbonyl (C=O) groups excluding carboxylic acids is 2. The third-order valence-electron chi connectivity index (χ3n) is 2.86. The average Bonchev–Trinajstić information content (AvgIpc) is 2.34. The first kappa shape index (κ1) is 15.0. The van der Waals surface area contributed by atoms with Crippen LogP contribution in [0.2, 0.25) is 0 Å². The Morgan fingerprint density at radius 1 is 1.21 bits per heavy atom. The summed E-state index contributed by atoms with van der Waals surface area (Å²) in [6.45, 7) is 8.03. The molecule has 0 saturated heterocycles. The van der Waals surface area contributed by atoms with E-state index in [4.69, 9.17) is 0 Å². The summed E-state index contributed by atoms with van der Waals surface area (Å²) in [6, 6.07) is 4.93. The Kier molecular flexibility index (Phi) is 5.36. The minimum absolute atomic E-state index is 0.357. The Hall–Kier alpha value is -2.04. The first-order valence-corrected chi connectivity index (χ1v) is 6.36. The Morgan fingerprint density at radius 3 is 2.47 bits per heavy atom. The molecule has 0 aliphatic heterocycles. The maximum absolute atomic E-state index is 11.8. The number of urea groups is 1. The lowest BCUT2D eigenvalue weighted by Gasteiger charge is -2.15. The van der Waals surface area contributed by atoms with Crippen molar-refractivity contribution in [3.63, 3.8) is 0 Å². The van der Waals surface area contributed by atoms with Crippen molar-refractivity contribution in [2.75, 3.05) is 11.9 Å². The predicted molar refractivity (Wildman–Crippen MR) is 76.2 cm³/mol. The highest BCUT2D eigenvalue weighted by molar-refractivity contribution is 5.97. The van der Waals surface area contributed by atoms with Crippen LogP contribution in [0.15, 0.2) is 18.2 Å². The van der Waals surface area contributed by atoms with Crippen molar-refractivity contribution in [2.45, 2.75) is 33.7 Å². The quantitative estimate of drug-likeness (QED) is 0.777. The van der Waals surface area contributed by atoms with Crippen LogP contribution in [-0.4, -0.2) is 24.5 Å². The normalized spacial score (nSPS) is 11.6. The molecule has 0 saturated carbocycles. The SMILES string of the molecule is CCNC(=O)NC(=O)[C@@H](C)Nc1ccc(C)c(C)c1. The van der Waals surface area contributed by atoms with Crippen LogP contribution in [0.4, 0.5) is 10.5 Å². The molecule has 1 rings (SSSR count). The number of hydrogen-bond acceptors (Lipinski definition) is 3. The molecule has 0 spiro atoms. The van der Waals surface area contributed by atoms with Gasteiger partial charge in [-0.1, -0.05) is 6.07 Å². The molecule has 0 bridgehead atoms. The highest BCUT2D eigenvalue weighted by atomic mass is 16.2. The van der Waals surface area contributed by atoms with E-state index in [1.54, 1.807) is 13.8 Å². The van der Waals surface area contributed by atoms with Gasteiger partial charge in [-0.3, -0.25) is 10.1 Å². The maximum atomic E-state index is 11.8. The summed E-state index contributed by atoms with van der Waals surface area (Å²) in [6.07, 6.45) is 0. The molecular weight excluding hydrogens is 242 g/mol. The summed E-state index contributed by atoms with van der Waals surface area (Å²) in [5.74, 6) is -0.357. The van der Waals surface area contributed by atoms with E-state index in [0.29, 0.717) is 6.54 Å². The summed E-state index contributed by atoms with van der Waals surface area (Å²) in [4.78, 5) is 23.0. The zero-order valence-corrected chi connectivity index (χ0v) is 11.8. The smallest absolute Gasteiger partial charge is 0.321 e. The topological polar surface area (TPSA) is 70.2 Å². The van der Waals surface area contributed by atoms with Crippen LogP contribution < -0.4 is 16.0 Å². The highest BCUT2D eigenvalue weighted by Gasteiger charge is 2.15. The maximum Gasteiger partial charge on any atom is 0.321 e. The van der Waals surface area contributed by atoms with Crippen molar-refractivity contribution in [2.24, 2.45) is 0 Å². The number of amides is 3. The third kappa shape index (κ3) is 4.62. The summed E-state index contributed by atoms with van der Waals surface area (Å²) in [5.41, 5.74) is 3.22. The molecule has 1 aromatic rings. The Labute approximate surface area is 113 Å². The number of nitrogens with one attached hydrogen (secondary N) is 3. The summed E-state index contributed by atoms with van der Waals surface area (Å²) < 4.78 is 0. The molecule has 104 valence electrons. The van der Waals surface area contributed by atoms with Crippen molar-refractivity contribution in [3.8, 4) is 0 Å². The van der Waals surface area contributed by atoms with Crippen molar-refractivity contribution >= 4 is 17.6 Å². The predicted octanol–water partition coefficient (Wildman–Crippen LogP) is 1.95. The molecule has 0 aliphatic rings. The number of benzene rings is 1. The molecular formula is C14H21N3O2. The summed E-state index contributed by atoms with van der Waals surface area (Å²) in [5, 5.41) is 7.85. The highest BCUT2D eigenvalue weighted by Crippen LogP contribution is 2.14. The fourth-order valence-corrected chi connectivity index (χ4v) is 1.57. The van der Waals surface area contributed by atoms with Gasteiger partial charge in [0.25, 0.3) is 0 Å². The van der Waals surface area contributed by atoms with Crippen molar-refractivity contribution in [3.05, 3.63) is 29.3 Å². The van der Waals surface area contributed by atoms with E-state index in [9.17, 15) is 9.59 Å². The van der Waals surface area contributed by atoms with Gasteiger partial charge in [0.05, 0.1) is 0 Å². The molecule has 0 aliphatic carbocycles. The van der Waals surface area contributed by atoms with Gasteiger partial charge in [-0.25, -0.2) is 4.79 Å². The minimum Gasteiger partial charge on any atom is -0.374 e. The fourth-order valence-electron chi connectivity index (χ4n) is 1.57. The van der Waals surface area contributed by atoms with Crippen molar-refractivity contribution in [1.29, 1.82) is 0 Å². The zero-order valence-electron chi connectivity index (χ0n) is 11.8. The van der Waals surface area contributed by atoms with Crippen molar-refractivity contribution in [1.82, 2.24) is 10.6 Å². The van der Waals surface area contributed by atoms with Crippen LogP contribution in [-0.2, 0) is 4.79 Å². The summed E-state index contributed by atoms with van der Waals surface area (Å²) in [7, 11) is 0. The van der Waals surface area contributed by atoms with Crippen LogP contribution in [0, 0.1) is 13.8 Å². The molecule has 5 heteroatoms. The van der Waals surface area contributed by atoms with E-state index in [-0.39, 0.29) is 5.91 Å². The van der Waals surface area contributed by atoms with Gasteiger partial charge >= 0.3 is 6.03 Å². The fraction of sp³-hybridized carbons (Fsp3) is 0.429. The van der Waals surface area contributed by atoms with Gasteiger partial charge in [-0.2, -0.15) is 0 Å². The first-order chi connectivity index (χ1) is 8.93. The van der Waals surface area contributed by atoms with E-state index >= 15 is 0 Å². The molecule has 1 atom stereocenters. The molecule has 3 amide bonds. The van der Waals surface area contributed by atoms with Crippen LogP contribution in [0.1, 0.15) is 25.0 Å². The molecule has 0 fully saturated rings. The molecule has 5 nitrogen and oxygen atoms in total. The molecule has 0 radical (unpaired) electrons. The van der Waals surface area contributed by atoms with E-state index in [1.807, 2.05) is 32.0 Å². The van der Waals surface area contributed by atoms with E-state index < -0.39 is 12.1 Å². The van der Waals surface area contributed by atoms with Crippen LogP contribution >= 0.6 is 0 Å². The van der Waals surface area contributed by atoms with Gasteiger partial charge in [-0.05, 0) is 51.0 Å². The van der Waals surface area contributed by atoms with Crippen LogP contribution in [0.3, 0.4) is 0 Å². The number of rotatable bonds is 4. The zero-order chi connectivity index (χ0) is 14.4. The van der Waals surface area contributed by atoms with E-state index in [0.717, 1.165) is 11.3 Å². The average molecular weight is 263 g/mol. The second-order valence-corrected chi connectivity index (χ2v) is 4.51. The van der Waals surface area contributed by atoms with Gasteiger partial charge in [0.1, 0.15) is 6.04 Å². The number of imide groups is 1. The molecule has 0 heterocycles. The molecule has 0 aromatic heterocycles. The Balaban J connectivity index is 2.58. The van der Waals surface area contributed by atoms with Gasteiger partial charge in [-0.15, -0.1) is 0 Å². The lowest BCUT2D eigenvalue weighted by atomic mass is 10.1. The lowest BCUT2D eigenvalue weighted by Crippen LogP contribution is -2.45. The second kappa shape index (κ2) is 6.78. The Morgan fingerprint density at radius 2 is 1.89 bits per heavy atom. The molecule has 1 aromatic carbocycles. The van der Waals surface area contributed by atoms with E-state index in [1.165, 1.54) is 5.56 Å². The first-order valence-electron chi connectivity index (χ1n) is 6.36. The minimum atomic E-state index is -0.482. The number of aryl methyl sites for hydroxylation is 2. The number of anilines is 1. The molecule has 3 N–H and O–H groups in total. The Bertz CT molecular complexity index is 472.